The SMILES string of the molecule is Cc1c[c-]c(-c2cc(C)c(C)cn2)cc1.Cc1cc(-c2[c-]ccc3c2oc2nc(-c4c(C(C)C)cc(-c5ccccc5)cc4C(C)C)ccc23)ncc1C(C(C)C)C(C)C.[Ir]. The molecule has 4 heterocycles. The molecule has 0 unspecified atom stereocenters. The summed E-state index contributed by atoms with van der Waals surface area (Å²) in [6.07, 6.45) is 3.99. The number of fused-ring (bicyclic) bond motifs is 3. The summed E-state index contributed by atoms with van der Waals surface area (Å²) < 4.78 is 6.61. The summed E-state index contributed by atoms with van der Waals surface area (Å²) in [6, 6.07) is 40.9. The Morgan fingerprint density at radius 1 is 0.557 bits per heavy atom. The van der Waals surface area contributed by atoms with Gasteiger partial charge in [-0.2, -0.15) is 0 Å². The first kappa shape index (κ1) is 45.3. The van der Waals surface area contributed by atoms with Gasteiger partial charge in [0.05, 0.1) is 11.3 Å². The molecule has 0 saturated carbocycles. The number of aryl methyl sites for hydroxylation is 4. The minimum absolute atomic E-state index is 0. The van der Waals surface area contributed by atoms with Gasteiger partial charge in [0.15, 0.2) is 0 Å². The van der Waals surface area contributed by atoms with Gasteiger partial charge in [0.2, 0.25) is 5.71 Å². The molecule has 0 aliphatic rings. The molecule has 315 valence electrons. The van der Waals surface area contributed by atoms with Crippen LogP contribution in [0.4, 0.5) is 0 Å². The second kappa shape index (κ2) is 19.2. The molecule has 8 aromatic rings. The van der Waals surface area contributed by atoms with E-state index in [4.69, 9.17) is 14.4 Å². The van der Waals surface area contributed by atoms with Gasteiger partial charge >= 0.3 is 0 Å². The molecular weight excluding hydrogens is 923 g/mol. The molecular formula is C56H59IrN3O-2. The van der Waals surface area contributed by atoms with Crippen molar-refractivity contribution in [1.82, 2.24) is 15.0 Å². The number of pyridine rings is 3. The van der Waals surface area contributed by atoms with Crippen LogP contribution >= 0.6 is 0 Å². The molecule has 0 atom stereocenters. The van der Waals surface area contributed by atoms with Crippen molar-refractivity contribution in [2.24, 2.45) is 11.8 Å². The van der Waals surface area contributed by atoms with E-state index in [-0.39, 0.29) is 20.1 Å². The molecule has 0 N–H and O–H groups in total. The van der Waals surface area contributed by atoms with Gasteiger partial charge < -0.3 is 14.4 Å². The number of furan rings is 1. The smallest absolute Gasteiger partial charge is 0.216 e. The van der Waals surface area contributed by atoms with Crippen molar-refractivity contribution in [3.63, 3.8) is 0 Å². The van der Waals surface area contributed by atoms with Crippen molar-refractivity contribution >= 4 is 22.1 Å². The van der Waals surface area contributed by atoms with Crippen LogP contribution in [0.1, 0.15) is 112 Å². The van der Waals surface area contributed by atoms with Crippen LogP contribution in [-0.4, -0.2) is 15.0 Å². The molecule has 0 bridgehead atoms. The van der Waals surface area contributed by atoms with Gasteiger partial charge in [0.25, 0.3) is 0 Å². The van der Waals surface area contributed by atoms with Gasteiger partial charge in [-0.1, -0.05) is 139 Å². The van der Waals surface area contributed by atoms with E-state index in [0.717, 1.165) is 44.6 Å². The summed E-state index contributed by atoms with van der Waals surface area (Å²) in [6.45, 7) is 26.7. The summed E-state index contributed by atoms with van der Waals surface area (Å²) in [5, 5.41) is 2.05. The van der Waals surface area contributed by atoms with Crippen LogP contribution in [-0.2, 0) is 20.1 Å². The zero-order valence-corrected chi connectivity index (χ0v) is 40.3. The third-order valence-electron chi connectivity index (χ3n) is 11.9. The molecule has 4 aromatic heterocycles. The average molecular weight is 982 g/mol. The summed E-state index contributed by atoms with van der Waals surface area (Å²) in [7, 11) is 0. The first-order valence-corrected chi connectivity index (χ1v) is 21.6. The van der Waals surface area contributed by atoms with E-state index in [9.17, 15) is 0 Å². The Labute approximate surface area is 377 Å². The first-order chi connectivity index (χ1) is 28.7. The number of hydrogen-bond acceptors (Lipinski definition) is 4. The normalized spacial score (nSPS) is 11.6. The van der Waals surface area contributed by atoms with Gasteiger partial charge in [-0.05, 0) is 107 Å². The van der Waals surface area contributed by atoms with E-state index >= 15 is 0 Å². The Balaban J connectivity index is 0.000000327. The Morgan fingerprint density at radius 3 is 1.80 bits per heavy atom. The zero-order valence-electron chi connectivity index (χ0n) is 37.9. The van der Waals surface area contributed by atoms with Gasteiger partial charge in [-0.25, -0.2) is 4.98 Å². The molecule has 4 aromatic carbocycles. The van der Waals surface area contributed by atoms with Crippen LogP contribution in [0.3, 0.4) is 0 Å². The summed E-state index contributed by atoms with van der Waals surface area (Å²) in [5.74, 6) is 2.22. The third kappa shape index (κ3) is 9.65. The topological polar surface area (TPSA) is 51.8 Å². The second-order valence-corrected chi connectivity index (χ2v) is 17.8. The van der Waals surface area contributed by atoms with Crippen molar-refractivity contribution in [2.75, 3.05) is 0 Å². The molecule has 8 rings (SSSR count). The molecule has 0 spiro atoms. The average Bonchev–Trinajstić information content (AvgIpc) is 3.61. The Morgan fingerprint density at radius 2 is 1.21 bits per heavy atom. The molecule has 4 nitrogen and oxygen atoms in total. The van der Waals surface area contributed by atoms with Crippen LogP contribution < -0.4 is 0 Å². The van der Waals surface area contributed by atoms with Crippen molar-refractivity contribution in [1.29, 1.82) is 0 Å². The third-order valence-corrected chi connectivity index (χ3v) is 11.9. The molecule has 1 radical (unpaired) electrons. The molecule has 0 aliphatic carbocycles. The Kier molecular flexibility index (Phi) is 14.3. The van der Waals surface area contributed by atoms with E-state index < -0.39 is 0 Å². The summed E-state index contributed by atoms with van der Waals surface area (Å²) in [5.41, 5.74) is 18.8. The number of hydrogen-bond donors (Lipinski definition) is 0. The maximum atomic E-state index is 6.61. The summed E-state index contributed by atoms with van der Waals surface area (Å²) >= 11 is 0. The predicted molar refractivity (Wildman–Crippen MR) is 253 cm³/mol. The fourth-order valence-electron chi connectivity index (χ4n) is 8.62. The first-order valence-electron chi connectivity index (χ1n) is 21.6. The van der Waals surface area contributed by atoms with Gasteiger partial charge in [0.1, 0.15) is 0 Å². The molecule has 0 saturated heterocycles. The monoisotopic (exact) mass is 982 g/mol. The maximum Gasteiger partial charge on any atom is 0.216 e. The Bertz CT molecular complexity index is 2720. The Hall–Kier alpha value is -5.22. The fourth-order valence-corrected chi connectivity index (χ4v) is 8.62. The molecule has 0 amide bonds. The maximum absolute atomic E-state index is 6.61. The molecule has 0 fully saturated rings. The number of rotatable bonds is 9. The quantitative estimate of drug-likeness (QED) is 0.135. The number of aromatic nitrogens is 3. The van der Waals surface area contributed by atoms with E-state index in [1.165, 1.54) is 55.6 Å². The molecule has 61 heavy (non-hydrogen) atoms. The van der Waals surface area contributed by atoms with Crippen molar-refractivity contribution < 1.29 is 24.5 Å². The minimum atomic E-state index is 0. The zero-order chi connectivity index (χ0) is 42.8. The molecule has 5 heteroatoms. The van der Waals surface area contributed by atoms with E-state index in [1.807, 2.05) is 18.3 Å². The van der Waals surface area contributed by atoms with Crippen LogP contribution in [0.2, 0.25) is 0 Å². The number of benzene rings is 4. The van der Waals surface area contributed by atoms with E-state index in [0.29, 0.717) is 35.3 Å². The molecule has 0 aliphatic heterocycles. The largest absolute Gasteiger partial charge is 0.486 e. The fraction of sp³-hybridized carbons (Fsp3) is 0.304. The standard InChI is InChI=1S/C42H45N2O.C14H14N.Ir/c1-24(2)34-21-30(29-14-11-10-12-15-29)22-35(25(3)4)40(34)37-19-18-32-31-16-13-17-33(41(31)45-42(32)44-37)38-20-28(9)36(23-43-38)39(26(5)6)27(7)8;1-10-4-6-13(7-5-10)14-8-11(2)12(3)9-15-14;/h10-16,18-27,39H,1-9H3;4-6,8-9H,1-3H3;/q2*-1;. The van der Waals surface area contributed by atoms with Crippen molar-refractivity contribution in [3.05, 3.63) is 161 Å². The van der Waals surface area contributed by atoms with Crippen LogP contribution in [0.15, 0.2) is 114 Å². The van der Waals surface area contributed by atoms with Crippen LogP contribution in [0, 0.1) is 51.7 Å². The second-order valence-electron chi connectivity index (χ2n) is 17.8. The van der Waals surface area contributed by atoms with Crippen molar-refractivity contribution in [3.8, 4) is 44.9 Å². The predicted octanol–water partition coefficient (Wildman–Crippen LogP) is 15.6. The van der Waals surface area contributed by atoms with E-state index in [2.05, 4.69) is 191 Å². The van der Waals surface area contributed by atoms with Gasteiger partial charge in [0, 0.05) is 43.4 Å². The summed E-state index contributed by atoms with van der Waals surface area (Å²) in [4.78, 5) is 14.6. The number of nitrogens with zero attached hydrogens (tertiary/aromatic N) is 3. The van der Waals surface area contributed by atoms with Gasteiger partial charge in [-0.15, -0.1) is 53.6 Å². The minimum Gasteiger partial charge on any atom is -0.486 e. The van der Waals surface area contributed by atoms with Gasteiger partial charge in [-0.3, -0.25) is 0 Å². The van der Waals surface area contributed by atoms with E-state index in [1.54, 1.807) is 0 Å². The van der Waals surface area contributed by atoms with Crippen molar-refractivity contribution in [2.45, 2.75) is 101 Å². The van der Waals surface area contributed by atoms with Crippen LogP contribution in [0.5, 0.6) is 0 Å². The van der Waals surface area contributed by atoms with Crippen LogP contribution in [0.25, 0.3) is 67.0 Å².